The van der Waals surface area contributed by atoms with Crippen LogP contribution in [0.5, 0.6) is 17.2 Å². The molecule has 4 rings (SSSR count). The molecule has 0 radical (unpaired) electrons. The monoisotopic (exact) mass is 547 g/mol. The third kappa shape index (κ3) is 4.43. The Morgan fingerprint density at radius 3 is 2.03 bits per heavy atom. The fourth-order valence-corrected chi connectivity index (χ4v) is 4.13. The molecule has 0 bridgehead atoms. The van der Waals surface area contributed by atoms with Gasteiger partial charge in [0, 0.05) is 15.6 Å². The lowest BCUT2D eigenvalue weighted by molar-refractivity contribution is 0.324. The fraction of sp³-hybridized carbons (Fsp3) is 0.167. The maximum Gasteiger partial charge on any atom is 0.203 e. The van der Waals surface area contributed by atoms with Crippen molar-refractivity contribution in [2.75, 3.05) is 21.3 Å². The minimum atomic E-state index is -0.672. The molecular weight excluding hydrogens is 528 g/mol. The van der Waals surface area contributed by atoms with Gasteiger partial charge in [0.05, 0.1) is 33.6 Å². The van der Waals surface area contributed by atoms with Crippen LogP contribution in [0, 0.1) is 16.4 Å². The van der Waals surface area contributed by atoms with Gasteiger partial charge in [-0.05, 0) is 60.7 Å². The van der Waals surface area contributed by atoms with E-state index in [1.807, 2.05) is 24.3 Å². The maximum atomic E-state index is 14.4. The number of hydrogen-bond donors (Lipinski definition) is 0. The molecule has 6 nitrogen and oxygen atoms in total. The summed E-state index contributed by atoms with van der Waals surface area (Å²) in [6.45, 7) is -0.182. The molecule has 0 unspecified atom stereocenters. The lowest BCUT2D eigenvalue weighted by atomic mass is 10.1. The molecule has 0 saturated carbocycles. The quantitative estimate of drug-likeness (QED) is 0.258. The van der Waals surface area contributed by atoms with E-state index in [0.717, 1.165) is 10.2 Å². The summed E-state index contributed by atoms with van der Waals surface area (Å²) >= 11 is 9.14. The van der Waals surface area contributed by atoms with Crippen LogP contribution in [0.4, 0.5) is 8.78 Å². The Morgan fingerprint density at radius 1 is 0.912 bits per heavy atom. The molecule has 34 heavy (non-hydrogen) atoms. The minimum absolute atomic E-state index is 0.129. The van der Waals surface area contributed by atoms with Crippen molar-refractivity contribution in [2.24, 2.45) is 0 Å². The average molecular weight is 548 g/mol. The Morgan fingerprint density at radius 2 is 1.50 bits per heavy atom. The normalized spacial score (nSPS) is 10.9. The molecule has 0 saturated heterocycles. The second-order valence-corrected chi connectivity index (χ2v) is 8.47. The van der Waals surface area contributed by atoms with E-state index in [0.29, 0.717) is 28.6 Å². The van der Waals surface area contributed by atoms with Gasteiger partial charge in [0.2, 0.25) is 10.5 Å². The van der Waals surface area contributed by atoms with Crippen LogP contribution in [0.1, 0.15) is 5.56 Å². The molecule has 1 aromatic heterocycles. The fourth-order valence-electron chi connectivity index (χ4n) is 3.56. The van der Waals surface area contributed by atoms with E-state index in [4.69, 9.17) is 26.4 Å². The standard InChI is InChI=1S/C24H20BrF2N3O3S/c1-31-20-11-14(12-21(32-2)22(20)33-3)23-28-29(13-17-18(26)5-4-6-19(17)27)24(34)30(23)16-9-7-15(25)8-10-16/h4-12H,13H2,1-3H3. The lowest BCUT2D eigenvalue weighted by Crippen LogP contribution is -2.07. The molecule has 0 fully saturated rings. The summed E-state index contributed by atoms with van der Waals surface area (Å²) < 4.78 is 49.4. The summed E-state index contributed by atoms with van der Waals surface area (Å²) in [6, 6.07) is 14.6. The minimum Gasteiger partial charge on any atom is -0.493 e. The summed E-state index contributed by atoms with van der Waals surface area (Å²) in [5.74, 6) is 0.377. The van der Waals surface area contributed by atoms with Gasteiger partial charge in [-0.2, -0.15) is 5.10 Å². The summed E-state index contributed by atoms with van der Waals surface area (Å²) in [5, 5.41) is 4.64. The maximum absolute atomic E-state index is 14.4. The lowest BCUT2D eigenvalue weighted by Gasteiger charge is -2.14. The molecule has 1 heterocycles. The highest BCUT2D eigenvalue weighted by Crippen LogP contribution is 2.41. The molecule has 4 aromatic rings. The van der Waals surface area contributed by atoms with Crippen molar-refractivity contribution >= 4 is 28.1 Å². The van der Waals surface area contributed by atoms with Gasteiger partial charge in [-0.25, -0.2) is 13.5 Å². The van der Waals surface area contributed by atoms with E-state index in [1.54, 1.807) is 16.7 Å². The van der Waals surface area contributed by atoms with E-state index in [2.05, 4.69) is 21.0 Å². The zero-order valence-electron chi connectivity index (χ0n) is 18.5. The van der Waals surface area contributed by atoms with Gasteiger partial charge in [0.25, 0.3) is 0 Å². The number of aromatic nitrogens is 3. The van der Waals surface area contributed by atoms with Gasteiger partial charge < -0.3 is 14.2 Å². The first-order valence-electron chi connectivity index (χ1n) is 10.1. The predicted octanol–water partition coefficient (Wildman–Crippen LogP) is 6.19. The molecule has 0 spiro atoms. The predicted molar refractivity (Wildman–Crippen MR) is 131 cm³/mol. The SMILES string of the molecule is COc1cc(-c2nn(Cc3c(F)cccc3F)c(=S)n2-c2ccc(Br)cc2)cc(OC)c1OC. The number of rotatable bonds is 7. The highest BCUT2D eigenvalue weighted by Gasteiger charge is 2.21. The molecular formula is C24H20BrF2N3O3S. The Kier molecular flexibility index (Phi) is 6.99. The largest absolute Gasteiger partial charge is 0.493 e. The molecule has 10 heteroatoms. The Balaban J connectivity index is 1.96. The number of ether oxygens (including phenoxy) is 3. The van der Waals surface area contributed by atoms with Gasteiger partial charge in [0.15, 0.2) is 17.3 Å². The topological polar surface area (TPSA) is 50.4 Å². The third-order valence-corrected chi connectivity index (χ3v) is 6.14. The summed E-state index contributed by atoms with van der Waals surface area (Å²) in [6.07, 6.45) is 0. The van der Waals surface area contributed by atoms with Crippen molar-refractivity contribution in [3.8, 4) is 34.3 Å². The molecule has 3 aromatic carbocycles. The van der Waals surface area contributed by atoms with Crippen molar-refractivity contribution in [3.05, 3.63) is 81.0 Å². The van der Waals surface area contributed by atoms with Crippen LogP contribution >= 0.6 is 28.1 Å². The van der Waals surface area contributed by atoms with E-state index >= 15 is 0 Å². The van der Waals surface area contributed by atoms with E-state index in [1.165, 1.54) is 44.2 Å². The zero-order chi connectivity index (χ0) is 24.4. The van der Waals surface area contributed by atoms with Crippen molar-refractivity contribution in [3.63, 3.8) is 0 Å². The smallest absolute Gasteiger partial charge is 0.203 e. The van der Waals surface area contributed by atoms with Gasteiger partial charge in [-0.1, -0.05) is 22.0 Å². The van der Waals surface area contributed by atoms with Crippen LogP contribution in [0.25, 0.3) is 17.1 Å². The second kappa shape index (κ2) is 9.94. The summed E-state index contributed by atoms with van der Waals surface area (Å²) in [4.78, 5) is 0. The number of nitrogens with zero attached hydrogens (tertiary/aromatic N) is 3. The van der Waals surface area contributed by atoms with Gasteiger partial charge in [-0.15, -0.1) is 0 Å². The summed E-state index contributed by atoms with van der Waals surface area (Å²) in [5.41, 5.74) is 1.20. The first-order valence-corrected chi connectivity index (χ1v) is 11.3. The number of benzene rings is 3. The van der Waals surface area contributed by atoms with E-state index in [9.17, 15) is 8.78 Å². The van der Waals surface area contributed by atoms with Gasteiger partial charge in [-0.3, -0.25) is 4.57 Å². The number of methoxy groups -OCH3 is 3. The first kappa shape index (κ1) is 23.9. The van der Waals surface area contributed by atoms with Gasteiger partial charge >= 0.3 is 0 Å². The van der Waals surface area contributed by atoms with E-state index < -0.39 is 11.6 Å². The molecule has 0 N–H and O–H groups in total. The molecule has 0 atom stereocenters. The van der Waals surface area contributed by atoms with E-state index in [-0.39, 0.29) is 16.9 Å². The van der Waals surface area contributed by atoms with Crippen molar-refractivity contribution in [2.45, 2.75) is 6.54 Å². The molecule has 176 valence electrons. The van der Waals surface area contributed by atoms with Crippen LogP contribution in [0.3, 0.4) is 0 Å². The Hall–Kier alpha value is -3.24. The average Bonchev–Trinajstić information content (AvgIpc) is 3.16. The Labute approximate surface area is 208 Å². The number of hydrogen-bond acceptors (Lipinski definition) is 5. The van der Waals surface area contributed by atoms with Crippen LogP contribution < -0.4 is 14.2 Å². The van der Waals surface area contributed by atoms with Crippen LogP contribution in [0.15, 0.2) is 59.1 Å². The van der Waals surface area contributed by atoms with Crippen LogP contribution in [-0.4, -0.2) is 35.7 Å². The van der Waals surface area contributed by atoms with Crippen molar-refractivity contribution < 1.29 is 23.0 Å². The molecule has 0 amide bonds. The summed E-state index contributed by atoms with van der Waals surface area (Å²) in [7, 11) is 4.55. The molecule has 0 aliphatic heterocycles. The molecule has 0 aliphatic rings. The Bertz CT molecular complexity index is 1360. The third-order valence-electron chi connectivity index (χ3n) is 5.22. The second-order valence-electron chi connectivity index (χ2n) is 7.19. The van der Waals surface area contributed by atoms with Crippen molar-refractivity contribution in [1.29, 1.82) is 0 Å². The molecule has 0 aliphatic carbocycles. The van der Waals surface area contributed by atoms with Crippen LogP contribution in [0.2, 0.25) is 0 Å². The number of halogens is 3. The van der Waals surface area contributed by atoms with Crippen LogP contribution in [-0.2, 0) is 6.54 Å². The zero-order valence-corrected chi connectivity index (χ0v) is 20.9. The first-order chi connectivity index (χ1) is 16.4. The highest BCUT2D eigenvalue weighted by molar-refractivity contribution is 9.10. The van der Waals surface area contributed by atoms with Gasteiger partial charge in [0.1, 0.15) is 11.6 Å². The highest BCUT2D eigenvalue weighted by atomic mass is 79.9. The van der Waals surface area contributed by atoms with Crippen molar-refractivity contribution in [1.82, 2.24) is 14.3 Å².